The summed E-state index contributed by atoms with van der Waals surface area (Å²) in [6, 6.07) is 8.04. The third-order valence-corrected chi connectivity index (χ3v) is 4.94. The smallest absolute Gasteiger partial charge is 0.348 e. The number of hydrogen-bond acceptors (Lipinski definition) is 8. The molecule has 3 N–H and O–H groups in total. The van der Waals surface area contributed by atoms with Gasteiger partial charge in [0.05, 0.1) is 17.7 Å². The van der Waals surface area contributed by atoms with Crippen LogP contribution in [0.15, 0.2) is 24.3 Å². The highest BCUT2D eigenvalue weighted by Crippen LogP contribution is 2.33. The van der Waals surface area contributed by atoms with Crippen molar-refractivity contribution < 1.29 is 23.9 Å². The molecule has 0 aliphatic heterocycles. The second kappa shape index (κ2) is 9.01. The lowest BCUT2D eigenvalue weighted by Gasteiger charge is -2.13. The topological polar surface area (TPSA) is 132 Å². The van der Waals surface area contributed by atoms with Gasteiger partial charge in [0.15, 0.2) is 6.10 Å². The van der Waals surface area contributed by atoms with Crippen LogP contribution in [0.5, 0.6) is 0 Å². The van der Waals surface area contributed by atoms with Gasteiger partial charge >= 0.3 is 11.9 Å². The largest absolute Gasteiger partial charge is 0.462 e. The molecule has 28 heavy (non-hydrogen) atoms. The Bertz CT molecular complexity index is 944. The molecule has 1 aromatic heterocycles. The van der Waals surface area contributed by atoms with Gasteiger partial charge in [-0.1, -0.05) is 0 Å². The summed E-state index contributed by atoms with van der Waals surface area (Å²) in [5, 5.41) is 12.1. The van der Waals surface area contributed by atoms with Gasteiger partial charge in [0.25, 0.3) is 5.91 Å². The average Bonchev–Trinajstić information content (AvgIpc) is 2.97. The molecule has 1 heterocycles. The molecule has 0 radical (unpaired) electrons. The monoisotopic (exact) mass is 401 g/mol. The standard InChI is InChI=1S/C19H19N3O5S/c1-4-26-19(25)15-10(2)14(9-20)17(28-15)22-16(23)11(3)27-18(24)12-5-7-13(21)8-6-12/h5-8,11H,4,21H2,1-3H3,(H,22,23). The van der Waals surface area contributed by atoms with Crippen LogP contribution in [0, 0.1) is 18.3 Å². The third-order valence-electron chi connectivity index (χ3n) is 3.76. The average molecular weight is 401 g/mol. The molecule has 1 aromatic carbocycles. The first-order valence-electron chi connectivity index (χ1n) is 8.36. The molecule has 8 nitrogen and oxygen atoms in total. The van der Waals surface area contributed by atoms with Crippen LogP contribution in [0.25, 0.3) is 0 Å². The minimum absolute atomic E-state index is 0.165. The van der Waals surface area contributed by atoms with Gasteiger partial charge in [0, 0.05) is 5.69 Å². The predicted molar refractivity (Wildman–Crippen MR) is 104 cm³/mol. The molecular formula is C19H19N3O5S. The first kappa shape index (κ1) is 20.9. The van der Waals surface area contributed by atoms with Crippen LogP contribution in [0.3, 0.4) is 0 Å². The molecule has 0 bridgehead atoms. The molecule has 1 unspecified atom stereocenters. The molecule has 0 fully saturated rings. The molecule has 0 aliphatic carbocycles. The highest BCUT2D eigenvalue weighted by atomic mass is 32.1. The van der Waals surface area contributed by atoms with Crippen molar-refractivity contribution in [2.24, 2.45) is 0 Å². The van der Waals surface area contributed by atoms with Crippen molar-refractivity contribution in [3.05, 3.63) is 45.8 Å². The highest BCUT2D eigenvalue weighted by Gasteiger charge is 2.25. The van der Waals surface area contributed by atoms with Crippen molar-refractivity contribution in [3.63, 3.8) is 0 Å². The molecule has 1 atom stereocenters. The number of hydrogen-bond donors (Lipinski definition) is 2. The minimum atomic E-state index is -1.12. The fourth-order valence-corrected chi connectivity index (χ4v) is 3.30. The van der Waals surface area contributed by atoms with Gasteiger partial charge in [0.2, 0.25) is 0 Å². The van der Waals surface area contributed by atoms with E-state index < -0.39 is 23.9 Å². The summed E-state index contributed by atoms with van der Waals surface area (Å²) < 4.78 is 10.1. The maximum absolute atomic E-state index is 12.4. The van der Waals surface area contributed by atoms with E-state index in [1.807, 2.05) is 6.07 Å². The van der Waals surface area contributed by atoms with E-state index in [2.05, 4.69) is 5.32 Å². The predicted octanol–water partition coefficient (Wildman–Crippen LogP) is 2.87. The molecule has 0 spiro atoms. The van der Waals surface area contributed by atoms with E-state index in [0.29, 0.717) is 11.3 Å². The number of anilines is 2. The Kier molecular flexibility index (Phi) is 6.74. The van der Waals surface area contributed by atoms with Crippen molar-refractivity contribution in [1.29, 1.82) is 5.26 Å². The number of carbonyl (C=O) groups excluding carboxylic acids is 3. The van der Waals surface area contributed by atoms with Crippen LogP contribution in [-0.2, 0) is 14.3 Å². The Morgan fingerprint density at radius 3 is 2.46 bits per heavy atom. The van der Waals surface area contributed by atoms with Gasteiger partial charge in [-0.05, 0) is 50.6 Å². The number of carbonyl (C=O) groups is 3. The minimum Gasteiger partial charge on any atom is -0.462 e. The first-order valence-corrected chi connectivity index (χ1v) is 9.18. The summed E-state index contributed by atoms with van der Waals surface area (Å²) in [5.41, 5.74) is 6.91. The quantitative estimate of drug-likeness (QED) is 0.562. The number of nitrogen functional groups attached to an aromatic ring is 1. The molecule has 9 heteroatoms. The van der Waals surface area contributed by atoms with Crippen LogP contribution in [0.4, 0.5) is 10.7 Å². The highest BCUT2D eigenvalue weighted by molar-refractivity contribution is 7.18. The number of ether oxygens (including phenoxy) is 2. The van der Waals surface area contributed by atoms with E-state index >= 15 is 0 Å². The molecule has 2 aromatic rings. The van der Waals surface area contributed by atoms with Gasteiger partial charge in [-0.3, -0.25) is 4.79 Å². The normalized spacial score (nSPS) is 11.2. The van der Waals surface area contributed by atoms with Crippen molar-refractivity contribution in [3.8, 4) is 6.07 Å². The third kappa shape index (κ3) is 4.66. The van der Waals surface area contributed by atoms with Gasteiger partial charge in [-0.15, -0.1) is 11.3 Å². The van der Waals surface area contributed by atoms with Gasteiger partial charge in [-0.2, -0.15) is 5.26 Å². The van der Waals surface area contributed by atoms with Gasteiger partial charge in [0.1, 0.15) is 15.9 Å². The van der Waals surface area contributed by atoms with E-state index in [9.17, 15) is 19.6 Å². The van der Waals surface area contributed by atoms with Crippen molar-refractivity contribution in [1.82, 2.24) is 0 Å². The van der Waals surface area contributed by atoms with Gasteiger partial charge < -0.3 is 20.5 Å². The number of nitrogens with zero attached hydrogens (tertiary/aromatic N) is 1. The molecule has 2 rings (SSSR count). The van der Waals surface area contributed by atoms with Crippen LogP contribution in [0.1, 0.15) is 45.0 Å². The molecule has 0 saturated carbocycles. The first-order chi connectivity index (χ1) is 13.3. The van der Waals surface area contributed by atoms with E-state index in [1.54, 1.807) is 26.0 Å². The number of thiophene rings is 1. The Morgan fingerprint density at radius 2 is 1.89 bits per heavy atom. The Morgan fingerprint density at radius 1 is 1.25 bits per heavy atom. The summed E-state index contributed by atoms with van der Waals surface area (Å²) in [6.07, 6.45) is -1.12. The molecule has 1 amide bonds. The lowest BCUT2D eigenvalue weighted by atomic mass is 10.1. The molecule has 0 aliphatic rings. The zero-order valence-corrected chi connectivity index (χ0v) is 16.4. The fourth-order valence-electron chi connectivity index (χ4n) is 2.24. The Balaban J connectivity index is 2.12. The van der Waals surface area contributed by atoms with E-state index in [0.717, 1.165) is 11.3 Å². The SMILES string of the molecule is CCOC(=O)c1sc(NC(=O)C(C)OC(=O)c2ccc(N)cc2)c(C#N)c1C. The molecular weight excluding hydrogens is 382 g/mol. The van der Waals surface area contributed by atoms with Crippen molar-refractivity contribution in [2.75, 3.05) is 17.7 Å². The van der Waals surface area contributed by atoms with Crippen LogP contribution in [-0.4, -0.2) is 30.6 Å². The Hall–Kier alpha value is -3.38. The number of rotatable bonds is 6. The fraction of sp³-hybridized carbons (Fsp3) is 0.263. The van der Waals surface area contributed by atoms with E-state index in [-0.39, 0.29) is 27.6 Å². The number of esters is 2. The maximum atomic E-state index is 12.4. The number of amides is 1. The summed E-state index contributed by atoms with van der Waals surface area (Å²) in [4.78, 5) is 36.7. The second-order valence-electron chi connectivity index (χ2n) is 5.75. The number of nitrogens with one attached hydrogen (secondary N) is 1. The maximum Gasteiger partial charge on any atom is 0.348 e. The summed E-state index contributed by atoms with van der Waals surface area (Å²) in [7, 11) is 0. The van der Waals surface area contributed by atoms with Crippen molar-refractivity contribution in [2.45, 2.75) is 26.9 Å². The second-order valence-corrected chi connectivity index (χ2v) is 6.77. The molecule has 0 saturated heterocycles. The van der Waals surface area contributed by atoms with E-state index in [1.165, 1.54) is 19.1 Å². The lowest BCUT2D eigenvalue weighted by Crippen LogP contribution is -2.30. The van der Waals surface area contributed by atoms with Gasteiger partial charge in [-0.25, -0.2) is 9.59 Å². The summed E-state index contributed by atoms with van der Waals surface area (Å²) in [6.45, 7) is 4.87. The van der Waals surface area contributed by atoms with E-state index in [4.69, 9.17) is 15.2 Å². The van der Waals surface area contributed by atoms with Crippen LogP contribution >= 0.6 is 11.3 Å². The van der Waals surface area contributed by atoms with Crippen LogP contribution in [0.2, 0.25) is 0 Å². The Labute approximate surface area is 165 Å². The van der Waals surface area contributed by atoms with Crippen molar-refractivity contribution >= 4 is 39.9 Å². The summed E-state index contributed by atoms with van der Waals surface area (Å²) in [5.74, 6) is -1.88. The summed E-state index contributed by atoms with van der Waals surface area (Å²) >= 11 is 0.938. The zero-order chi connectivity index (χ0) is 20.8. The zero-order valence-electron chi connectivity index (χ0n) is 15.6. The van der Waals surface area contributed by atoms with Crippen LogP contribution < -0.4 is 11.1 Å². The lowest BCUT2D eigenvalue weighted by molar-refractivity contribution is -0.123. The number of benzene rings is 1. The number of nitrogens with two attached hydrogens (primary N) is 1. The molecule has 146 valence electrons. The number of nitriles is 1.